The van der Waals surface area contributed by atoms with Crippen LogP contribution in [0.1, 0.15) is 66.2 Å². The molecule has 0 saturated heterocycles. The van der Waals surface area contributed by atoms with Crippen LogP contribution in [0.2, 0.25) is 0 Å². The first-order valence-electron chi connectivity index (χ1n) is 11.2. The van der Waals surface area contributed by atoms with Crippen LogP contribution >= 0.6 is 0 Å². The highest BCUT2D eigenvalue weighted by molar-refractivity contribution is 5.83. The molecule has 3 N–H and O–H groups in total. The van der Waals surface area contributed by atoms with E-state index in [0.717, 1.165) is 25.7 Å². The van der Waals surface area contributed by atoms with Gasteiger partial charge in [0.05, 0.1) is 13.2 Å². The fourth-order valence-electron chi connectivity index (χ4n) is 3.41. The number of nitrogens with one attached hydrogen (secondary N) is 3. The van der Waals surface area contributed by atoms with Crippen LogP contribution in [0.25, 0.3) is 0 Å². The van der Waals surface area contributed by atoms with Crippen LogP contribution in [0.15, 0.2) is 0 Å². The third-order valence-corrected chi connectivity index (χ3v) is 5.28. The van der Waals surface area contributed by atoms with Gasteiger partial charge in [0.25, 0.3) is 0 Å². The van der Waals surface area contributed by atoms with Gasteiger partial charge in [-0.3, -0.25) is 19.2 Å². The van der Waals surface area contributed by atoms with Crippen molar-refractivity contribution in [2.24, 2.45) is 17.8 Å². The third kappa shape index (κ3) is 10.7. The lowest BCUT2D eigenvalue weighted by molar-refractivity contribution is -0.127. The Labute approximate surface area is 180 Å². The van der Waals surface area contributed by atoms with Crippen LogP contribution in [-0.2, 0) is 23.9 Å². The number of amides is 3. The number of ether oxygens (including phenoxy) is 1. The Morgan fingerprint density at radius 1 is 0.800 bits per heavy atom. The summed E-state index contributed by atoms with van der Waals surface area (Å²) in [5.74, 6) is 0.201. The lowest BCUT2D eigenvalue weighted by Gasteiger charge is -2.29. The molecule has 3 amide bonds. The molecule has 1 aliphatic rings. The molecule has 0 radical (unpaired) electrons. The highest BCUT2D eigenvalue weighted by atomic mass is 16.5. The first-order valence-corrected chi connectivity index (χ1v) is 11.2. The molecular formula is C22H39N3O5. The van der Waals surface area contributed by atoms with Crippen LogP contribution < -0.4 is 16.0 Å². The summed E-state index contributed by atoms with van der Waals surface area (Å²) in [5, 5.41) is 8.43. The molecular weight excluding hydrogens is 386 g/mol. The second-order valence-corrected chi connectivity index (χ2v) is 8.58. The van der Waals surface area contributed by atoms with Crippen molar-refractivity contribution < 1.29 is 23.9 Å². The number of carbonyl (C=O) groups excluding carboxylic acids is 4. The Morgan fingerprint density at radius 2 is 1.47 bits per heavy atom. The molecule has 0 atom stereocenters. The van der Waals surface area contributed by atoms with Gasteiger partial charge in [0, 0.05) is 49.7 Å². The van der Waals surface area contributed by atoms with Crippen molar-refractivity contribution in [3.05, 3.63) is 0 Å². The van der Waals surface area contributed by atoms with Gasteiger partial charge in [0.1, 0.15) is 5.78 Å². The van der Waals surface area contributed by atoms with Crippen molar-refractivity contribution in [3.8, 4) is 0 Å². The molecule has 8 nitrogen and oxygen atoms in total. The molecule has 0 heterocycles. The summed E-state index contributed by atoms with van der Waals surface area (Å²) in [6, 6.07) is 0.143. The first kappa shape index (κ1) is 26.1. The minimum atomic E-state index is -0.146. The van der Waals surface area contributed by atoms with Crippen LogP contribution in [0.4, 0.5) is 0 Å². The van der Waals surface area contributed by atoms with E-state index in [2.05, 4.69) is 16.0 Å². The van der Waals surface area contributed by atoms with E-state index in [1.54, 1.807) is 13.8 Å². The maximum Gasteiger partial charge on any atom is 0.222 e. The standard InChI is InChI=1S/C22H39N3O5/c1-15(2)21(28)17-5-7-18(8-6-17)25-20(27)10-13-30-14-12-23-19(26)9-11-24-22(29)16(3)4/h15-18H,5-14H2,1-4H3,(H,23,26)(H,24,29)(H,25,27). The summed E-state index contributed by atoms with van der Waals surface area (Å²) in [7, 11) is 0. The van der Waals surface area contributed by atoms with Gasteiger partial charge < -0.3 is 20.7 Å². The Balaban J connectivity index is 2.02. The second kappa shape index (κ2) is 14.1. The van der Waals surface area contributed by atoms with Gasteiger partial charge >= 0.3 is 0 Å². The zero-order valence-corrected chi connectivity index (χ0v) is 18.9. The maximum absolute atomic E-state index is 12.1. The largest absolute Gasteiger partial charge is 0.379 e. The van der Waals surface area contributed by atoms with Crippen molar-refractivity contribution in [3.63, 3.8) is 0 Å². The monoisotopic (exact) mass is 425 g/mol. The lowest BCUT2D eigenvalue weighted by atomic mass is 9.80. The van der Waals surface area contributed by atoms with Crippen molar-refractivity contribution in [2.75, 3.05) is 26.3 Å². The SMILES string of the molecule is CC(C)C(=O)NCCC(=O)NCCOCCC(=O)NC1CCC(C(=O)C(C)C)CC1. The Morgan fingerprint density at radius 3 is 2.07 bits per heavy atom. The average molecular weight is 426 g/mol. The molecule has 0 aliphatic heterocycles. The van der Waals surface area contributed by atoms with Gasteiger partial charge in [-0.1, -0.05) is 27.7 Å². The fraction of sp³-hybridized carbons (Fsp3) is 0.818. The van der Waals surface area contributed by atoms with Crippen LogP contribution in [-0.4, -0.2) is 55.8 Å². The summed E-state index contributed by atoms with van der Waals surface area (Å²) in [6.07, 6.45) is 3.89. The number of ketones is 1. The lowest BCUT2D eigenvalue weighted by Crippen LogP contribution is -2.39. The summed E-state index contributed by atoms with van der Waals surface area (Å²) in [6.45, 7) is 8.79. The molecule has 8 heteroatoms. The fourth-order valence-corrected chi connectivity index (χ4v) is 3.41. The van der Waals surface area contributed by atoms with Gasteiger partial charge in [-0.25, -0.2) is 0 Å². The van der Waals surface area contributed by atoms with Crippen LogP contribution in [0.5, 0.6) is 0 Å². The smallest absolute Gasteiger partial charge is 0.222 e. The van der Waals surface area contributed by atoms with Gasteiger partial charge in [0.2, 0.25) is 17.7 Å². The number of hydrogen-bond acceptors (Lipinski definition) is 5. The maximum atomic E-state index is 12.1. The van der Waals surface area contributed by atoms with E-state index in [1.807, 2.05) is 13.8 Å². The predicted molar refractivity (Wildman–Crippen MR) is 115 cm³/mol. The summed E-state index contributed by atoms with van der Waals surface area (Å²) in [5.41, 5.74) is 0. The van der Waals surface area contributed by atoms with E-state index >= 15 is 0 Å². The minimum absolute atomic E-state index is 0.0430. The van der Waals surface area contributed by atoms with Gasteiger partial charge in [-0.05, 0) is 25.7 Å². The summed E-state index contributed by atoms with van der Waals surface area (Å²) in [4.78, 5) is 47.1. The number of rotatable bonds is 13. The van der Waals surface area contributed by atoms with E-state index in [4.69, 9.17) is 4.74 Å². The Hall–Kier alpha value is -1.96. The molecule has 0 aromatic heterocycles. The summed E-state index contributed by atoms with van der Waals surface area (Å²) < 4.78 is 5.40. The quantitative estimate of drug-likeness (QED) is 0.388. The molecule has 0 aromatic rings. The topological polar surface area (TPSA) is 114 Å². The van der Waals surface area contributed by atoms with E-state index in [9.17, 15) is 19.2 Å². The van der Waals surface area contributed by atoms with E-state index < -0.39 is 0 Å². The molecule has 0 aromatic carbocycles. The second-order valence-electron chi connectivity index (χ2n) is 8.58. The zero-order valence-electron chi connectivity index (χ0n) is 18.9. The first-order chi connectivity index (χ1) is 14.2. The van der Waals surface area contributed by atoms with Crippen molar-refractivity contribution in [2.45, 2.75) is 72.3 Å². The molecule has 30 heavy (non-hydrogen) atoms. The minimum Gasteiger partial charge on any atom is -0.379 e. The molecule has 0 bridgehead atoms. The van der Waals surface area contributed by atoms with E-state index in [1.165, 1.54) is 0 Å². The molecule has 1 fully saturated rings. The highest BCUT2D eigenvalue weighted by Gasteiger charge is 2.28. The molecule has 1 aliphatic carbocycles. The molecule has 1 rings (SSSR count). The Bertz CT molecular complexity index is 569. The number of carbonyl (C=O) groups is 4. The van der Waals surface area contributed by atoms with Crippen LogP contribution in [0, 0.1) is 17.8 Å². The van der Waals surface area contributed by atoms with E-state index in [0.29, 0.717) is 32.1 Å². The van der Waals surface area contributed by atoms with Gasteiger partial charge in [-0.2, -0.15) is 0 Å². The van der Waals surface area contributed by atoms with Crippen molar-refractivity contribution in [1.82, 2.24) is 16.0 Å². The average Bonchev–Trinajstić information content (AvgIpc) is 2.70. The number of hydrogen-bond donors (Lipinski definition) is 3. The summed E-state index contributed by atoms with van der Waals surface area (Å²) >= 11 is 0. The van der Waals surface area contributed by atoms with E-state index in [-0.39, 0.29) is 54.4 Å². The number of Topliss-reactive ketones (excluding diaryl/α,β-unsaturated/α-hetero) is 1. The molecule has 1 saturated carbocycles. The predicted octanol–water partition coefficient (Wildman–Crippen LogP) is 1.57. The van der Waals surface area contributed by atoms with Gasteiger partial charge in [-0.15, -0.1) is 0 Å². The normalized spacial score (nSPS) is 18.9. The van der Waals surface area contributed by atoms with Crippen LogP contribution in [0.3, 0.4) is 0 Å². The van der Waals surface area contributed by atoms with Crippen molar-refractivity contribution >= 4 is 23.5 Å². The highest BCUT2D eigenvalue weighted by Crippen LogP contribution is 2.27. The Kier molecular flexibility index (Phi) is 12.3. The molecule has 172 valence electrons. The van der Waals surface area contributed by atoms with Crippen molar-refractivity contribution in [1.29, 1.82) is 0 Å². The molecule has 0 spiro atoms. The van der Waals surface area contributed by atoms with Gasteiger partial charge in [0.15, 0.2) is 0 Å². The zero-order chi connectivity index (χ0) is 22.5. The third-order valence-electron chi connectivity index (χ3n) is 5.28. The molecule has 0 unspecified atom stereocenters.